The third-order valence-corrected chi connectivity index (χ3v) is 4.10. The van der Waals surface area contributed by atoms with Gasteiger partial charge in [-0.2, -0.15) is 0 Å². The Morgan fingerprint density at radius 3 is 2.42 bits per heavy atom. The second-order valence-corrected chi connectivity index (χ2v) is 5.89. The Labute approximate surface area is 144 Å². The minimum atomic E-state index is -0.140. The van der Waals surface area contributed by atoms with Crippen LogP contribution in [0.4, 0.5) is 11.4 Å². The van der Waals surface area contributed by atoms with Crippen LogP contribution in [0.3, 0.4) is 0 Å². The Morgan fingerprint density at radius 2 is 1.83 bits per heavy atom. The molecule has 4 heteroatoms. The Kier molecular flexibility index (Phi) is 6.38. The van der Waals surface area contributed by atoms with E-state index in [0.717, 1.165) is 42.0 Å². The van der Waals surface area contributed by atoms with Crippen molar-refractivity contribution in [1.82, 2.24) is 0 Å². The molecule has 2 aromatic rings. The minimum Gasteiger partial charge on any atom is -0.392 e. The van der Waals surface area contributed by atoms with Crippen LogP contribution in [0.5, 0.6) is 0 Å². The van der Waals surface area contributed by atoms with Crippen LogP contribution in [-0.4, -0.2) is 24.1 Å². The van der Waals surface area contributed by atoms with Crippen molar-refractivity contribution in [1.29, 1.82) is 0 Å². The number of nitrogens with zero attached hydrogens (tertiary/aromatic N) is 1. The number of carbonyl (C=O) groups is 1. The van der Waals surface area contributed by atoms with E-state index in [2.05, 4.69) is 24.1 Å². The smallest absolute Gasteiger partial charge is 0.255 e. The fourth-order valence-corrected chi connectivity index (χ4v) is 2.66. The largest absolute Gasteiger partial charge is 0.392 e. The second-order valence-electron chi connectivity index (χ2n) is 5.89. The maximum atomic E-state index is 12.5. The Bertz CT molecular complexity index is 681. The average molecular weight is 326 g/mol. The molecule has 0 heterocycles. The van der Waals surface area contributed by atoms with E-state index < -0.39 is 0 Å². The van der Waals surface area contributed by atoms with E-state index in [0.29, 0.717) is 5.56 Å². The number of carbonyl (C=O) groups excluding carboxylic acids is 1. The molecule has 0 fully saturated rings. The first-order valence-electron chi connectivity index (χ1n) is 8.45. The molecular weight excluding hydrogens is 300 g/mol. The lowest BCUT2D eigenvalue weighted by molar-refractivity contribution is 0.102. The fraction of sp³-hybridized carbons (Fsp3) is 0.350. The number of benzene rings is 2. The second kappa shape index (κ2) is 8.50. The molecule has 0 aromatic heterocycles. The van der Waals surface area contributed by atoms with Crippen LogP contribution < -0.4 is 10.2 Å². The van der Waals surface area contributed by atoms with E-state index in [-0.39, 0.29) is 12.5 Å². The van der Waals surface area contributed by atoms with Gasteiger partial charge in [-0.25, -0.2) is 0 Å². The minimum absolute atomic E-state index is 0.0396. The maximum absolute atomic E-state index is 12.5. The lowest BCUT2D eigenvalue weighted by atomic mass is 10.1. The van der Waals surface area contributed by atoms with Crippen LogP contribution >= 0.6 is 0 Å². The first kappa shape index (κ1) is 18.0. The lowest BCUT2D eigenvalue weighted by Crippen LogP contribution is -2.23. The number of aryl methyl sites for hydroxylation is 1. The monoisotopic (exact) mass is 326 g/mol. The summed E-state index contributed by atoms with van der Waals surface area (Å²) < 4.78 is 0. The predicted molar refractivity (Wildman–Crippen MR) is 99.7 cm³/mol. The third-order valence-electron chi connectivity index (χ3n) is 4.10. The quantitative estimate of drug-likeness (QED) is 0.809. The van der Waals surface area contributed by atoms with Gasteiger partial charge < -0.3 is 15.3 Å². The fourth-order valence-electron chi connectivity index (χ4n) is 2.66. The van der Waals surface area contributed by atoms with E-state index in [1.807, 2.05) is 49.4 Å². The summed E-state index contributed by atoms with van der Waals surface area (Å²) in [5.41, 5.74) is 4.24. The summed E-state index contributed by atoms with van der Waals surface area (Å²) in [5, 5.41) is 12.2. The maximum Gasteiger partial charge on any atom is 0.255 e. The SMILES string of the molecule is CCCN(CC)c1ccc(C(=O)Nc2cc(CO)ccc2C)cc1. The van der Waals surface area contributed by atoms with E-state index in [4.69, 9.17) is 0 Å². The topological polar surface area (TPSA) is 52.6 Å². The van der Waals surface area contributed by atoms with Crippen LogP contribution in [0.25, 0.3) is 0 Å². The van der Waals surface area contributed by atoms with Gasteiger partial charge in [0.2, 0.25) is 0 Å². The molecule has 2 aromatic carbocycles. The van der Waals surface area contributed by atoms with Gasteiger partial charge in [0, 0.05) is 30.0 Å². The number of hydrogen-bond donors (Lipinski definition) is 2. The van der Waals surface area contributed by atoms with Gasteiger partial charge in [0.15, 0.2) is 0 Å². The zero-order valence-corrected chi connectivity index (χ0v) is 14.7. The normalized spacial score (nSPS) is 10.5. The molecule has 0 saturated heterocycles. The highest BCUT2D eigenvalue weighted by Crippen LogP contribution is 2.20. The zero-order valence-electron chi connectivity index (χ0n) is 14.7. The van der Waals surface area contributed by atoms with E-state index >= 15 is 0 Å². The Morgan fingerprint density at radius 1 is 1.12 bits per heavy atom. The van der Waals surface area contributed by atoms with Crippen LogP contribution in [0.1, 0.15) is 41.8 Å². The molecule has 2 N–H and O–H groups in total. The van der Waals surface area contributed by atoms with Crippen LogP contribution in [0.2, 0.25) is 0 Å². The van der Waals surface area contributed by atoms with Gasteiger partial charge >= 0.3 is 0 Å². The van der Waals surface area contributed by atoms with Crippen molar-refractivity contribution in [2.24, 2.45) is 0 Å². The van der Waals surface area contributed by atoms with Crippen molar-refractivity contribution in [3.05, 3.63) is 59.2 Å². The number of amides is 1. The summed E-state index contributed by atoms with van der Waals surface area (Å²) in [6, 6.07) is 13.3. The van der Waals surface area contributed by atoms with Gasteiger partial charge in [0.25, 0.3) is 5.91 Å². The number of aliphatic hydroxyl groups excluding tert-OH is 1. The number of aliphatic hydroxyl groups is 1. The first-order chi connectivity index (χ1) is 11.6. The molecule has 128 valence electrons. The zero-order chi connectivity index (χ0) is 17.5. The van der Waals surface area contributed by atoms with Gasteiger partial charge in [-0.05, 0) is 61.7 Å². The molecule has 0 aliphatic rings. The summed E-state index contributed by atoms with van der Waals surface area (Å²) in [6.07, 6.45) is 1.09. The molecule has 0 saturated carbocycles. The molecule has 4 nitrogen and oxygen atoms in total. The third kappa shape index (κ3) is 4.36. The Balaban J connectivity index is 2.13. The highest BCUT2D eigenvalue weighted by molar-refractivity contribution is 6.04. The summed E-state index contributed by atoms with van der Waals surface area (Å²) in [7, 11) is 0. The molecule has 1 amide bonds. The number of nitrogens with one attached hydrogen (secondary N) is 1. The van der Waals surface area contributed by atoms with Gasteiger partial charge in [-0.1, -0.05) is 19.1 Å². The van der Waals surface area contributed by atoms with Crippen LogP contribution in [0.15, 0.2) is 42.5 Å². The molecule has 0 spiro atoms. The van der Waals surface area contributed by atoms with Crippen LogP contribution in [-0.2, 0) is 6.61 Å². The first-order valence-corrected chi connectivity index (χ1v) is 8.45. The molecule has 2 rings (SSSR count). The lowest BCUT2D eigenvalue weighted by Gasteiger charge is -2.22. The van der Waals surface area contributed by atoms with Gasteiger partial charge in [-0.15, -0.1) is 0 Å². The highest BCUT2D eigenvalue weighted by Gasteiger charge is 2.10. The average Bonchev–Trinajstić information content (AvgIpc) is 2.61. The molecule has 0 unspecified atom stereocenters. The van der Waals surface area contributed by atoms with Crippen molar-refractivity contribution in [2.75, 3.05) is 23.3 Å². The van der Waals surface area contributed by atoms with Crippen molar-refractivity contribution in [3.8, 4) is 0 Å². The summed E-state index contributed by atoms with van der Waals surface area (Å²) >= 11 is 0. The molecule has 24 heavy (non-hydrogen) atoms. The van der Waals surface area contributed by atoms with Crippen molar-refractivity contribution in [3.63, 3.8) is 0 Å². The van der Waals surface area contributed by atoms with Crippen LogP contribution in [0, 0.1) is 6.92 Å². The van der Waals surface area contributed by atoms with E-state index in [1.54, 1.807) is 0 Å². The van der Waals surface area contributed by atoms with Crippen molar-refractivity contribution >= 4 is 17.3 Å². The highest BCUT2D eigenvalue weighted by atomic mass is 16.3. The number of anilines is 2. The molecule has 0 bridgehead atoms. The molecular formula is C20H26N2O2. The molecule has 0 radical (unpaired) electrons. The summed E-state index contributed by atoms with van der Waals surface area (Å²) in [4.78, 5) is 14.7. The van der Waals surface area contributed by atoms with Gasteiger partial charge in [0.1, 0.15) is 0 Å². The molecule has 0 atom stereocenters. The summed E-state index contributed by atoms with van der Waals surface area (Å²) in [6.45, 7) is 8.15. The Hall–Kier alpha value is -2.33. The molecule has 0 aliphatic heterocycles. The standard InChI is InChI=1S/C20H26N2O2/c1-4-12-22(5-2)18-10-8-17(9-11-18)20(24)21-19-13-16(14-23)7-6-15(19)3/h6-11,13,23H,4-5,12,14H2,1-3H3,(H,21,24). The predicted octanol–water partition coefficient (Wildman–Crippen LogP) is 3.98. The van der Waals surface area contributed by atoms with Gasteiger partial charge in [0.05, 0.1) is 6.61 Å². The van der Waals surface area contributed by atoms with Crippen molar-refractivity contribution < 1.29 is 9.90 Å². The number of hydrogen-bond acceptors (Lipinski definition) is 3. The van der Waals surface area contributed by atoms with Gasteiger partial charge in [-0.3, -0.25) is 4.79 Å². The molecule has 0 aliphatic carbocycles. The van der Waals surface area contributed by atoms with Crippen molar-refractivity contribution in [2.45, 2.75) is 33.8 Å². The number of rotatable bonds is 7. The summed E-state index contributed by atoms with van der Waals surface area (Å²) in [5.74, 6) is -0.140. The van der Waals surface area contributed by atoms with E-state index in [1.165, 1.54) is 0 Å². The van der Waals surface area contributed by atoms with E-state index in [9.17, 15) is 9.90 Å².